The Kier molecular flexibility index (Phi) is 5.85. The van der Waals surface area contributed by atoms with Gasteiger partial charge in [0.25, 0.3) is 5.56 Å². The Balaban J connectivity index is 1.78. The van der Waals surface area contributed by atoms with E-state index in [1.165, 1.54) is 31.0 Å². The molecule has 0 fully saturated rings. The standard InChI is InChI=1S/C28H22N2O6/c1-35-23-8-6-17-12-21(23)26(32)19-4-3-5-20(14-19)27(33)22-13-18(7-9-24(22)36-2)16-30-25(31)10-11-29(15-17)28(30)34/h3-14H,15-16H2,1-2H3. The van der Waals surface area contributed by atoms with Crippen molar-refractivity contribution in [3.05, 3.63) is 127 Å². The highest BCUT2D eigenvalue weighted by Gasteiger charge is 2.21. The number of fused-ring (bicyclic) bond motifs is 8. The van der Waals surface area contributed by atoms with Gasteiger partial charge in [-0.2, -0.15) is 0 Å². The Hall–Kier alpha value is -4.72. The summed E-state index contributed by atoms with van der Waals surface area (Å²) in [6.45, 7) is 0.130. The lowest BCUT2D eigenvalue weighted by molar-refractivity contribution is 0.103. The summed E-state index contributed by atoms with van der Waals surface area (Å²) in [6.07, 6.45) is 1.43. The fourth-order valence-electron chi connectivity index (χ4n) is 4.38. The average Bonchev–Trinajstić information content (AvgIpc) is 2.91. The molecule has 8 bridgehead atoms. The van der Waals surface area contributed by atoms with Gasteiger partial charge in [-0.25, -0.2) is 4.79 Å². The number of carbonyl (C=O) groups is 2. The van der Waals surface area contributed by atoms with E-state index in [4.69, 9.17) is 9.47 Å². The molecule has 0 unspecified atom stereocenters. The molecule has 1 aliphatic heterocycles. The van der Waals surface area contributed by atoms with Crippen LogP contribution in [0, 0.1) is 0 Å². The zero-order chi connectivity index (χ0) is 25.4. The van der Waals surface area contributed by atoms with E-state index in [2.05, 4.69) is 0 Å². The number of nitrogens with zero attached hydrogens (tertiary/aromatic N) is 2. The third kappa shape index (κ3) is 4.02. The van der Waals surface area contributed by atoms with Crippen molar-refractivity contribution >= 4 is 11.6 Å². The molecule has 180 valence electrons. The molecule has 1 aromatic heterocycles. The topological polar surface area (TPSA) is 96.6 Å². The van der Waals surface area contributed by atoms with Crippen LogP contribution < -0.4 is 20.7 Å². The first-order valence-corrected chi connectivity index (χ1v) is 11.2. The van der Waals surface area contributed by atoms with E-state index in [0.717, 1.165) is 4.57 Å². The minimum absolute atomic E-state index is 0.0187. The van der Waals surface area contributed by atoms with Gasteiger partial charge in [0, 0.05) is 23.4 Å². The Labute approximate surface area is 206 Å². The molecule has 5 rings (SSSR count). The fraction of sp³-hybridized carbons (Fsp3) is 0.143. The minimum atomic E-state index is -0.507. The predicted molar refractivity (Wildman–Crippen MR) is 132 cm³/mol. The van der Waals surface area contributed by atoms with Crippen LogP contribution in [-0.2, 0) is 13.1 Å². The van der Waals surface area contributed by atoms with E-state index in [1.807, 2.05) is 0 Å². The highest BCUT2D eigenvalue weighted by Crippen LogP contribution is 2.27. The Bertz CT molecular complexity index is 1650. The van der Waals surface area contributed by atoms with Gasteiger partial charge in [-0.15, -0.1) is 0 Å². The number of aromatic nitrogens is 2. The molecule has 0 spiro atoms. The van der Waals surface area contributed by atoms with E-state index >= 15 is 0 Å². The van der Waals surface area contributed by atoms with E-state index in [-0.39, 0.29) is 30.2 Å². The molecule has 8 nitrogen and oxygen atoms in total. The summed E-state index contributed by atoms with van der Waals surface area (Å²) >= 11 is 0. The Morgan fingerprint density at radius 2 is 1.22 bits per heavy atom. The molecule has 0 aliphatic carbocycles. The average molecular weight is 482 g/mol. The molecule has 8 heteroatoms. The van der Waals surface area contributed by atoms with Gasteiger partial charge in [0.15, 0.2) is 11.6 Å². The van der Waals surface area contributed by atoms with Gasteiger partial charge < -0.3 is 9.47 Å². The first-order chi connectivity index (χ1) is 17.4. The molecule has 4 aromatic rings. The van der Waals surface area contributed by atoms with Crippen LogP contribution in [0.25, 0.3) is 0 Å². The Morgan fingerprint density at radius 3 is 1.78 bits per heavy atom. The number of methoxy groups -OCH3 is 2. The Morgan fingerprint density at radius 1 is 0.667 bits per heavy atom. The van der Waals surface area contributed by atoms with Crippen LogP contribution in [0.4, 0.5) is 0 Å². The summed E-state index contributed by atoms with van der Waals surface area (Å²) in [5.41, 5.74) is 1.48. The number of hydrogen-bond acceptors (Lipinski definition) is 6. The number of ketones is 2. The maximum atomic E-state index is 13.5. The molecule has 0 N–H and O–H groups in total. The van der Waals surface area contributed by atoms with E-state index < -0.39 is 11.2 Å². The summed E-state index contributed by atoms with van der Waals surface area (Å²) in [5.74, 6) is 0.0320. The van der Waals surface area contributed by atoms with Crippen LogP contribution in [0.5, 0.6) is 11.5 Å². The van der Waals surface area contributed by atoms with Crippen LogP contribution in [0.2, 0.25) is 0 Å². The molecule has 1 aliphatic rings. The second-order valence-corrected chi connectivity index (χ2v) is 8.46. The molecule has 0 atom stereocenters. The second-order valence-electron chi connectivity index (χ2n) is 8.46. The van der Waals surface area contributed by atoms with Crippen molar-refractivity contribution in [2.75, 3.05) is 14.2 Å². The van der Waals surface area contributed by atoms with E-state index in [0.29, 0.717) is 39.3 Å². The van der Waals surface area contributed by atoms with Gasteiger partial charge in [0.2, 0.25) is 0 Å². The minimum Gasteiger partial charge on any atom is -0.496 e. The van der Waals surface area contributed by atoms with Gasteiger partial charge in [0.1, 0.15) is 11.5 Å². The third-order valence-electron chi connectivity index (χ3n) is 6.24. The van der Waals surface area contributed by atoms with Gasteiger partial charge in [-0.05, 0) is 41.5 Å². The molecule has 0 amide bonds. The second kappa shape index (κ2) is 9.14. The first kappa shape index (κ1) is 23.0. The quantitative estimate of drug-likeness (QED) is 0.384. The van der Waals surface area contributed by atoms with Gasteiger partial charge in [0.05, 0.1) is 38.4 Å². The summed E-state index contributed by atoms with van der Waals surface area (Å²) in [4.78, 5) is 52.8. The van der Waals surface area contributed by atoms with Crippen molar-refractivity contribution in [3.8, 4) is 11.5 Å². The fourth-order valence-corrected chi connectivity index (χ4v) is 4.38. The summed E-state index contributed by atoms with van der Waals surface area (Å²) < 4.78 is 13.3. The lowest BCUT2D eigenvalue weighted by Crippen LogP contribution is -2.39. The lowest BCUT2D eigenvalue weighted by Gasteiger charge is -2.15. The molecule has 3 aromatic carbocycles. The smallest absolute Gasteiger partial charge is 0.331 e. The molecule has 0 saturated heterocycles. The zero-order valence-corrected chi connectivity index (χ0v) is 19.7. The summed E-state index contributed by atoms with van der Waals surface area (Å²) in [7, 11) is 2.93. The van der Waals surface area contributed by atoms with Gasteiger partial charge >= 0.3 is 5.69 Å². The normalized spacial score (nSPS) is 12.8. The largest absolute Gasteiger partial charge is 0.496 e. The maximum absolute atomic E-state index is 13.5. The van der Waals surface area contributed by atoms with E-state index in [9.17, 15) is 19.2 Å². The number of benzene rings is 3. The third-order valence-corrected chi connectivity index (χ3v) is 6.24. The van der Waals surface area contributed by atoms with Crippen molar-refractivity contribution in [2.45, 2.75) is 13.1 Å². The summed E-state index contributed by atoms with van der Waals surface area (Å²) in [6, 6.07) is 17.8. The van der Waals surface area contributed by atoms with Crippen molar-refractivity contribution < 1.29 is 19.1 Å². The van der Waals surface area contributed by atoms with Crippen LogP contribution in [0.1, 0.15) is 43.0 Å². The van der Waals surface area contributed by atoms with Crippen molar-refractivity contribution in [3.63, 3.8) is 0 Å². The van der Waals surface area contributed by atoms with Crippen molar-refractivity contribution in [1.82, 2.24) is 9.13 Å². The van der Waals surface area contributed by atoms with E-state index in [1.54, 1.807) is 60.7 Å². The number of rotatable bonds is 2. The summed E-state index contributed by atoms with van der Waals surface area (Å²) in [5, 5.41) is 0. The molecule has 0 radical (unpaired) electrons. The lowest BCUT2D eigenvalue weighted by atomic mass is 9.95. The highest BCUT2D eigenvalue weighted by atomic mass is 16.5. The number of hydrogen-bond donors (Lipinski definition) is 0. The van der Waals surface area contributed by atoms with Gasteiger partial charge in [-0.1, -0.05) is 30.3 Å². The van der Waals surface area contributed by atoms with Crippen molar-refractivity contribution in [1.29, 1.82) is 0 Å². The monoisotopic (exact) mass is 482 g/mol. The predicted octanol–water partition coefficient (Wildman–Crippen LogP) is 2.90. The first-order valence-electron chi connectivity index (χ1n) is 11.2. The molecular weight excluding hydrogens is 460 g/mol. The van der Waals surface area contributed by atoms with Crippen LogP contribution in [-0.4, -0.2) is 34.9 Å². The molecular formula is C28H22N2O6. The van der Waals surface area contributed by atoms with Crippen molar-refractivity contribution in [2.24, 2.45) is 0 Å². The van der Waals surface area contributed by atoms with Gasteiger partial charge in [-0.3, -0.25) is 23.5 Å². The van der Waals surface area contributed by atoms with Crippen LogP contribution in [0.15, 0.2) is 82.5 Å². The number of carbonyl (C=O) groups excluding carboxylic acids is 2. The number of ether oxygens (including phenoxy) is 2. The zero-order valence-electron chi connectivity index (χ0n) is 19.7. The van der Waals surface area contributed by atoms with Crippen LogP contribution >= 0.6 is 0 Å². The molecule has 36 heavy (non-hydrogen) atoms. The van der Waals surface area contributed by atoms with Crippen LogP contribution in [0.3, 0.4) is 0 Å². The maximum Gasteiger partial charge on any atom is 0.331 e. The SMILES string of the molecule is COc1ccc2cc1C(=O)c1cccc(c1)C(=O)c1cc(ccc1OC)Cn1c(=O)ccn(c1=O)C2. The molecule has 0 saturated carbocycles. The highest BCUT2D eigenvalue weighted by molar-refractivity contribution is 6.14. The molecule has 2 heterocycles.